The fourth-order valence-electron chi connectivity index (χ4n) is 1.24. The number of amides is 1. The topological polar surface area (TPSA) is 59.8 Å². The van der Waals surface area contributed by atoms with Gasteiger partial charge < -0.3 is 5.32 Å². The number of rotatable bonds is 2. The number of halogens is 1. The van der Waals surface area contributed by atoms with Gasteiger partial charge in [0, 0.05) is 19.4 Å². The second kappa shape index (κ2) is 4.09. The fraction of sp³-hybridized carbons (Fsp3) is 0.100. The summed E-state index contributed by atoms with van der Waals surface area (Å²) in [5.74, 6) is -1.33. The maximum atomic E-state index is 13.2. The largest absolute Gasteiger partial charge is 0.319 e. The Kier molecular flexibility index (Phi) is 2.63. The molecule has 2 heterocycles. The molecule has 2 aromatic rings. The normalized spacial score (nSPS) is 10.1. The summed E-state index contributed by atoms with van der Waals surface area (Å²) in [6.45, 7) is 0. The van der Waals surface area contributed by atoms with E-state index in [9.17, 15) is 9.18 Å². The van der Waals surface area contributed by atoms with Crippen molar-refractivity contribution >= 4 is 11.6 Å². The molecule has 0 unspecified atom stereocenters. The van der Waals surface area contributed by atoms with Gasteiger partial charge >= 0.3 is 0 Å². The number of carbonyl (C=O) groups is 1. The van der Waals surface area contributed by atoms with Crippen molar-refractivity contribution in [1.82, 2.24) is 14.8 Å². The molecule has 16 heavy (non-hydrogen) atoms. The van der Waals surface area contributed by atoms with Gasteiger partial charge in [-0.3, -0.25) is 9.48 Å². The van der Waals surface area contributed by atoms with Crippen LogP contribution in [0.15, 0.2) is 30.7 Å². The summed E-state index contributed by atoms with van der Waals surface area (Å²) in [7, 11) is 1.72. The van der Waals surface area contributed by atoms with Crippen molar-refractivity contribution in [2.45, 2.75) is 0 Å². The molecule has 0 aliphatic carbocycles. The molecule has 0 fully saturated rings. The Hall–Kier alpha value is -2.24. The Morgan fingerprint density at radius 3 is 3.00 bits per heavy atom. The van der Waals surface area contributed by atoms with Crippen LogP contribution in [0.25, 0.3) is 0 Å². The van der Waals surface area contributed by atoms with Gasteiger partial charge in [-0.25, -0.2) is 4.98 Å². The van der Waals surface area contributed by atoms with Gasteiger partial charge in [0.2, 0.25) is 5.95 Å². The molecule has 82 valence electrons. The number of nitrogens with one attached hydrogen (secondary N) is 1. The van der Waals surface area contributed by atoms with Crippen molar-refractivity contribution in [3.8, 4) is 0 Å². The van der Waals surface area contributed by atoms with Crippen LogP contribution in [0.1, 0.15) is 10.4 Å². The molecule has 0 spiro atoms. The molecule has 0 saturated carbocycles. The lowest BCUT2D eigenvalue weighted by Crippen LogP contribution is -2.13. The highest BCUT2D eigenvalue weighted by atomic mass is 19.1. The minimum absolute atomic E-state index is 0.0913. The van der Waals surface area contributed by atoms with Crippen molar-refractivity contribution in [3.63, 3.8) is 0 Å². The first kappa shape index (κ1) is 10.3. The SMILES string of the molecule is Cn1cc(NC(=O)c2cccnc2F)cn1. The first-order valence-electron chi connectivity index (χ1n) is 4.57. The number of aryl methyl sites for hydroxylation is 1. The quantitative estimate of drug-likeness (QED) is 0.774. The Labute approximate surface area is 90.9 Å². The van der Waals surface area contributed by atoms with Crippen LogP contribution in [-0.2, 0) is 7.05 Å². The molecule has 0 saturated heterocycles. The Morgan fingerprint density at radius 1 is 1.56 bits per heavy atom. The van der Waals surface area contributed by atoms with Crippen LogP contribution in [0.2, 0.25) is 0 Å². The lowest BCUT2D eigenvalue weighted by Gasteiger charge is -2.02. The third-order valence-electron chi connectivity index (χ3n) is 1.97. The minimum Gasteiger partial charge on any atom is -0.319 e. The van der Waals surface area contributed by atoms with Crippen LogP contribution in [0.3, 0.4) is 0 Å². The van der Waals surface area contributed by atoms with Gasteiger partial charge in [-0.15, -0.1) is 0 Å². The first-order valence-corrected chi connectivity index (χ1v) is 4.57. The molecule has 0 aliphatic heterocycles. The number of hydrogen-bond acceptors (Lipinski definition) is 3. The predicted octanol–water partition coefficient (Wildman–Crippen LogP) is 1.21. The number of aromatic nitrogens is 3. The number of anilines is 1. The van der Waals surface area contributed by atoms with Crippen LogP contribution in [-0.4, -0.2) is 20.7 Å². The van der Waals surface area contributed by atoms with Crippen LogP contribution >= 0.6 is 0 Å². The van der Waals surface area contributed by atoms with E-state index in [4.69, 9.17) is 0 Å². The summed E-state index contributed by atoms with van der Waals surface area (Å²) in [4.78, 5) is 15.0. The van der Waals surface area contributed by atoms with E-state index < -0.39 is 11.9 Å². The second-order valence-corrected chi connectivity index (χ2v) is 3.20. The zero-order valence-electron chi connectivity index (χ0n) is 8.51. The summed E-state index contributed by atoms with van der Waals surface area (Å²) < 4.78 is 14.7. The summed E-state index contributed by atoms with van der Waals surface area (Å²) in [5, 5.41) is 6.40. The number of pyridine rings is 1. The van der Waals surface area contributed by atoms with Gasteiger partial charge in [0.25, 0.3) is 5.91 Å². The zero-order chi connectivity index (χ0) is 11.5. The number of carbonyl (C=O) groups excluding carboxylic acids is 1. The smallest absolute Gasteiger partial charge is 0.260 e. The monoisotopic (exact) mass is 220 g/mol. The van der Waals surface area contributed by atoms with Crippen LogP contribution < -0.4 is 5.32 Å². The Bertz CT molecular complexity index is 523. The molecule has 5 nitrogen and oxygen atoms in total. The lowest BCUT2D eigenvalue weighted by atomic mass is 10.2. The predicted molar refractivity (Wildman–Crippen MR) is 55.4 cm³/mol. The molecule has 2 aromatic heterocycles. The molecule has 2 rings (SSSR count). The molecular weight excluding hydrogens is 211 g/mol. The van der Waals surface area contributed by atoms with E-state index in [0.717, 1.165) is 0 Å². The number of nitrogens with zero attached hydrogens (tertiary/aromatic N) is 3. The molecule has 1 amide bonds. The second-order valence-electron chi connectivity index (χ2n) is 3.20. The first-order chi connectivity index (χ1) is 7.66. The summed E-state index contributed by atoms with van der Waals surface area (Å²) in [5.41, 5.74) is 0.419. The third-order valence-corrected chi connectivity index (χ3v) is 1.97. The maximum absolute atomic E-state index is 13.2. The number of hydrogen-bond donors (Lipinski definition) is 1. The zero-order valence-corrected chi connectivity index (χ0v) is 8.51. The van der Waals surface area contributed by atoms with E-state index in [0.29, 0.717) is 5.69 Å². The van der Waals surface area contributed by atoms with Crippen molar-refractivity contribution in [3.05, 3.63) is 42.2 Å². The van der Waals surface area contributed by atoms with Crippen LogP contribution in [0.5, 0.6) is 0 Å². The molecule has 0 radical (unpaired) electrons. The van der Waals surface area contributed by atoms with Crippen molar-refractivity contribution < 1.29 is 9.18 Å². The van der Waals surface area contributed by atoms with E-state index in [2.05, 4.69) is 15.4 Å². The van der Waals surface area contributed by atoms with E-state index in [-0.39, 0.29) is 5.56 Å². The van der Waals surface area contributed by atoms with Gasteiger partial charge in [0.05, 0.1) is 17.4 Å². The van der Waals surface area contributed by atoms with Crippen LogP contribution in [0.4, 0.5) is 10.1 Å². The average Bonchev–Trinajstić information content (AvgIpc) is 2.64. The van der Waals surface area contributed by atoms with Gasteiger partial charge in [-0.05, 0) is 12.1 Å². The molecule has 0 aliphatic rings. The lowest BCUT2D eigenvalue weighted by molar-refractivity contribution is 0.102. The van der Waals surface area contributed by atoms with Gasteiger partial charge in [-0.1, -0.05) is 0 Å². The van der Waals surface area contributed by atoms with E-state index in [1.54, 1.807) is 13.2 Å². The molecular formula is C10H9FN4O. The molecule has 1 N–H and O–H groups in total. The van der Waals surface area contributed by atoms with E-state index >= 15 is 0 Å². The van der Waals surface area contributed by atoms with Crippen molar-refractivity contribution in [2.24, 2.45) is 7.05 Å². The highest BCUT2D eigenvalue weighted by molar-refractivity contribution is 6.04. The van der Waals surface area contributed by atoms with Crippen molar-refractivity contribution in [2.75, 3.05) is 5.32 Å². The summed E-state index contributed by atoms with van der Waals surface area (Å²) in [6.07, 6.45) is 4.38. The molecule has 0 aromatic carbocycles. The molecule has 0 atom stereocenters. The standard InChI is InChI=1S/C10H9FN4O/c1-15-6-7(5-13-15)14-10(16)8-3-2-4-12-9(8)11/h2-6H,1H3,(H,14,16). The maximum Gasteiger partial charge on any atom is 0.260 e. The van der Waals surface area contributed by atoms with Gasteiger partial charge in [0.15, 0.2) is 0 Å². The molecule has 6 heteroatoms. The summed E-state index contributed by atoms with van der Waals surface area (Å²) >= 11 is 0. The van der Waals surface area contributed by atoms with Crippen molar-refractivity contribution in [1.29, 1.82) is 0 Å². The Balaban J connectivity index is 2.18. The van der Waals surface area contributed by atoms with Gasteiger partial charge in [0.1, 0.15) is 0 Å². The highest BCUT2D eigenvalue weighted by Gasteiger charge is 2.12. The van der Waals surface area contributed by atoms with Crippen LogP contribution in [0, 0.1) is 5.95 Å². The Morgan fingerprint density at radius 2 is 2.38 bits per heavy atom. The van der Waals surface area contributed by atoms with Gasteiger partial charge in [-0.2, -0.15) is 9.49 Å². The average molecular weight is 220 g/mol. The molecule has 0 bridgehead atoms. The highest BCUT2D eigenvalue weighted by Crippen LogP contribution is 2.09. The minimum atomic E-state index is -0.788. The summed E-state index contributed by atoms with van der Waals surface area (Å²) in [6, 6.07) is 2.87. The van der Waals surface area contributed by atoms with E-state index in [1.807, 2.05) is 0 Å². The third kappa shape index (κ3) is 2.05. The fourth-order valence-corrected chi connectivity index (χ4v) is 1.24. The van der Waals surface area contributed by atoms with E-state index in [1.165, 1.54) is 29.2 Å².